The van der Waals surface area contributed by atoms with Crippen molar-refractivity contribution in [3.05, 3.63) is 47.8 Å². The first-order valence-electron chi connectivity index (χ1n) is 13.4. The number of methoxy groups -OCH3 is 1. The van der Waals surface area contributed by atoms with Gasteiger partial charge in [0.05, 0.1) is 54.3 Å². The zero-order valence-corrected chi connectivity index (χ0v) is 24.4. The molecule has 240 valence electrons. The summed E-state index contributed by atoms with van der Waals surface area (Å²) in [4.78, 5) is 36.7. The lowest BCUT2D eigenvalue weighted by Crippen LogP contribution is -2.44. The van der Waals surface area contributed by atoms with E-state index in [1.165, 1.54) is 13.2 Å². The minimum absolute atomic E-state index is 0.108. The Morgan fingerprint density at radius 1 is 1.07 bits per heavy atom. The lowest BCUT2D eigenvalue weighted by Gasteiger charge is -2.34. The van der Waals surface area contributed by atoms with Crippen LogP contribution < -0.4 is 20.1 Å². The molecular weight excluding hydrogens is 616 g/mol. The van der Waals surface area contributed by atoms with Crippen LogP contribution in [-0.2, 0) is 24.2 Å². The molecule has 2 aliphatic rings. The van der Waals surface area contributed by atoms with Crippen LogP contribution in [0.15, 0.2) is 41.3 Å². The first-order chi connectivity index (χ1) is 20.6. The van der Waals surface area contributed by atoms with Crippen molar-refractivity contribution >= 4 is 33.3 Å². The molecule has 4 rings (SSSR count). The molecule has 16 heteroatoms. The Hall–Kier alpha value is -3.92. The highest BCUT2D eigenvalue weighted by molar-refractivity contribution is 7.92. The zero-order chi connectivity index (χ0) is 32.4. The predicted octanol–water partition coefficient (Wildman–Crippen LogP) is 3.92. The number of hydrogen-bond donors (Lipinski definition) is 3. The number of amides is 2. The van der Waals surface area contributed by atoms with E-state index in [1.54, 1.807) is 6.92 Å². The summed E-state index contributed by atoms with van der Waals surface area (Å²) in [6.45, 7) is 1.37. The van der Waals surface area contributed by atoms with Crippen LogP contribution in [-0.4, -0.2) is 69.3 Å². The van der Waals surface area contributed by atoms with Crippen LogP contribution in [0.4, 0.5) is 23.2 Å². The Balaban J connectivity index is 1.46. The van der Waals surface area contributed by atoms with Crippen molar-refractivity contribution in [1.29, 1.82) is 0 Å². The summed E-state index contributed by atoms with van der Waals surface area (Å²) in [6.07, 6.45) is 0.882. The van der Waals surface area contributed by atoms with Crippen molar-refractivity contribution in [2.24, 2.45) is 11.3 Å². The van der Waals surface area contributed by atoms with Crippen LogP contribution >= 0.6 is 0 Å². The largest absolute Gasteiger partial charge is 0.501 e. The zero-order valence-electron chi connectivity index (χ0n) is 23.6. The van der Waals surface area contributed by atoms with Gasteiger partial charge in [0.15, 0.2) is 11.6 Å². The van der Waals surface area contributed by atoms with Crippen molar-refractivity contribution in [3.63, 3.8) is 0 Å². The lowest BCUT2D eigenvalue weighted by atomic mass is 9.75. The number of halogens is 4. The standard InChI is InChI=1S/C28H30F4N2O9S/c1-27(26(37)38)8-6-16(7-9-27)43-23-11-18(22(41-2)12-20(23)29)24(35)34-21-14-42-13-19(21)25(36)33-15-4-3-5-17(10-15)44(39,40)28(30,31)32/h3-5,10-12,16,19,21H,6-9,13-14H2,1-2H3,(H,33,36)(H,34,35)(H,37,38)/t16?,19-,21?,27?/m1/s1. The van der Waals surface area contributed by atoms with E-state index in [9.17, 15) is 45.5 Å². The number of rotatable bonds is 9. The van der Waals surface area contributed by atoms with E-state index in [2.05, 4.69) is 10.6 Å². The highest BCUT2D eigenvalue weighted by Gasteiger charge is 2.47. The van der Waals surface area contributed by atoms with E-state index in [1.807, 2.05) is 0 Å². The van der Waals surface area contributed by atoms with Crippen LogP contribution in [0.3, 0.4) is 0 Å². The number of benzene rings is 2. The summed E-state index contributed by atoms with van der Waals surface area (Å²) in [5.41, 5.74) is -6.77. The molecule has 2 fully saturated rings. The van der Waals surface area contributed by atoms with E-state index in [-0.39, 0.29) is 36.0 Å². The molecule has 1 saturated heterocycles. The normalized spacial score (nSPS) is 23.9. The molecule has 2 aromatic rings. The monoisotopic (exact) mass is 646 g/mol. The van der Waals surface area contributed by atoms with Gasteiger partial charge in [-0.05, 0) is 56.9 Å². The maximum absolute atomic E-state index is 14.9. The topological polar surface area (TPSA) is 157 Å². The molecule has 3 N–H and O–H groups in total. The van der Waals surface area contributed by atoms with Gasteiger partial charge in [0, 0.05) is 11.8 Å². The van der Waals surface area contributed by atoms with Crippen molar-refractivity contribution in [3.8, 4) is 11.5 Å². The number of ether oxygens (including phenoxy) is 3. The van der Waals surface area contributed by atoms with Gasteiger partial charge in [0.25, 0.3) is 15.7 Å². The number of carboxylic acids is 1. The second-order valence-corrected chi connectivity index (χ2v) is 12.8. The van der Waals surface area contributed by atoms with Gasteiger partial charge in [-0.2, -0.15) is 13.2 Å². The van der Waals surface area contributed by atoms with Crippen molar-refractivity contribution < 1.29 is 59.7 Å². The van der Waals surface area contributed by atoms with Gasteiger partial charge in [0.1, 0.15) is 5.75 Å². The molecule has 1 heterocycles. The summed E-state index contributed by atoms with van der Waals surface area (Å²) in [5.74, 6) is -4.63. The molecule has 0 spiro atoms. The molecule has 2 aromatic carbocycles. The quantitative estimate of drug-likeness (QED) is 0.344. The first-order valence-corrected chi connectivity index (χ1v) is 14.9. The molecule has 1 aliphatic carbocycles. The second-order valence-electron chi connectivity index (χ2n) is 10.9. The van der Waals surface area contributed by atoms with E-state index in [0.29, 0.717) is 31.7 Å². The van der Waals surface area contributed by atoms with Crippen LogP contribution in [0.25, 0.3) is 0 Å². The smallest absolute Gasteiger partial charge is 0.496 e. The number of sulfone groups is 1. The molecule has 0 bridgehead atoms. The van der Waals surface area contributed by atoms with Gasteiger partial charge < -0.3 is 30.0 Å². The first kappa shape index (κ1) is 33.0. The molecule has 2 amide bonds. The third-order valence-electron chi connectivity index (χ3n) is 7.80. The molecule has 1 aliphatic heterocycles. The summed E-state index contributed by atoms with van der Waals surface area (Å²) in [7, 11) is -4.42. The average Bonchev–Trinajstić information content (AvgIpc) is 3.42. The summed E-state index contributed by atoms with van der Waals surface area (Å²) in [5, 5.41) is 14.4. The number of carboxylic acid groups (broad SMARTS) is 1. The Labute approximate surface area is 249 Å². The number of aliphatic carboxylic acids is 1. The lowest BCUT2D eigenvalue weighted by molar-refractivity contribution is -0.150. The van der Waals surface area contributed by atoms with Gasteiger partial charge in [0.2, 0.25) is 5.91 Å². The number of nitrogens with one attached hydrogen (secondary N) is 2. The van der Waals surface area contributed by atoms with Gasteiger partial charge >= 0.3 is 11.5 Å². The summed E-state index contributed by atoms with van der Waals surface area (Å²) < 4.78 is 93.5. The van der Waals surface area contributed by atoms with E-state index < -0.39 is 67.3 Å². The number of carbonyl (C=O) groups excluding carboxylic acids is 2. The highest BCUT2D eigenvalue weighted by Crippen LogP contribution is 2.39. The van der Waals surface area contributed by atoms with Crippen molar-refractivity contribution in [2.75, 3.05) is 25.6 Å². The molecule has 2 atom stereocenters. The Kier molecular flexibility index (Phi) is 9.44. The molecular formula is C28H30F4N2O9S. The Morgan fingerprint density at radius 3 is 2.36 bits per heavy atom. The number of alkyl halides is 3. The molecule has 1 unspecified atom stereocenters. The van der Waals surface area contributed by atoms with Crippen LogP contribution in [0.5, 0.6) is 11.5 Å². The fourth-order valence-corrected chi connectivity index (χ4v) is 5.83. The van der Waals surface area contributed by atoms with Crippen LogP contribution in [0, 0.1) is 17.2 Å². The molecule has 0 radical (unpaired) electrons. The highest BCUT2D eigenvalue weighted by atomic mass is 32.2. The molecule has 0 aromatic heterocycles. The van der Waals surface area contributed by atoms with Gasteiger partial charge in [-0.1, -0.05) is 6.07 Å². The predicted molar refractivity (Wildman–Crippen MR) is 145 cm³/mol. The van der Waals surface area contributed by atoms with E-state index in [4.69, 9.17) is 14.2 Å². The SMILES string of the molecule is COc1cc(F)c(OC2CCC(C)(C(=O)O)CC2)cc1C(=O)NC1COC[C@H]1C(=O)Nc1cccc(S(=O)(=O)C(F)(F)F)c1. The molecule has 1 saturated carbocycles. The Bertz CT molecular complexity index is 1540. The van der Waals surface area contributed by atoms with Crippen LogP contribution in [0.2, 0.25) is 0 Å². The fourth-order valence-electron chi connectivity index (χ4n) is 5.02. The summed E-state index contributed by atoms with van der Waals surface area (Å²) in [6, 6.07) is 4.85. The molecule has 44 heavy (non-hydrogen) atoms. The minimum atomic E-state index is -5.65. The fraction of sp³-hybridized carbons (Fsp3) is 0.464. The summed E-state index contributed by atoms with van der Waals surface area (Å²) >= 11 is 0. The third kappa shape index (κ3) is 6.90. The number of hydrogen-bond acceptors (Lipinski definition) is 8. The van der Waals surface area contributed by atoms with E-state index >= 15 is 0 Å². The minimum Gasteiger partial charge on any atom is -0.496 e. The van der Waals surface area contributed by atoms with Gasteiger partial charge in [-0.25, -0.2) is 12.8 Å². The van der Waals surface area contributed by atoms with Crippen molar-refractivity contribution in [1.82, 2.24) is 5.32 Å². The van der Waals surface area contributed by atoms with Crippen LogP contribution in [0.1, 0.15) is 43.0 Å². The number of carbonyl (C=O) groups is 3. The maximum Gasteiger partial charge on any atom is 0.501 e. The van der Waals surface area contributed by atoms with E-state index in [0.717, 1.165) is 24.3 Å². The van der Waals surface area contributed by atoms with Crippen molar-refractivity contribution in [2.45, 2.75) is 55.2 Å². The maximum atomic E-state index is 14.9. The number of anilines is 1. The van der Waals surface area contributed by atoms with Gasteiger partial charge in [-0.15, -0.1) is 0 Å². The Morgan fingerprint density at radius 2 is 1.75 bits per heavy atom. The third-order valence-corrected chi connectivity index (χ3v) is 9.28. The second kappa shape index (κ2) is 12.6. The van der Waals surface area contributed by atoms with Gasteiger partial charge in [-0.3, -0.25) is 14.4 Å². The molecule has 11 nitrogen and oxygen atoms in total. The average molecular weight is 647 g/mol.